The van der Waals surface area contributed by atoms with Crippen molar-refractivity contribution in [3.8, 4) is 11.3 Å². The molecule has 5 heteroatoms. The van der Waals surface area contributed by atoms with Crippen molar-refractivity contribution in [1.82, 2.24) is 4.57 Å². The van der Waals surface area contributed by atoms with E-state index in [-0.39, 0.29) is 12.2 Å². The van der Waals surface area contributed by atoms with Crippen LogP contribution in [-0.4, -0.2) is 9.67 Å². The number of aromatic nitrogens is 1. The highest BCUT2D eigenvalue weighted by molar-refractivity contribution is 6.42. The first-order valence-electron chi connectivity index (χ1n) is 5.30. The third-order valence-corrected chi connectivity index (χ3v) is 3.51. The molecule has 0 saturated heterocycles. The van der Waals surface area contributed by atoms with E-state index < -0.39 is 0 Å². The van der Waals surface area contributed by atoms with Gasteiger partial charge in [0.05, 0.1) is 22.3 Å². The van der Waals surface area contributed by atoms with Gasteiger partial charge in [-0.3, -0.25) is 4.79 Å². The Balaban J connectivity index is 2.61. The number of nitrogens with zero attached hydrogens (tertiary/aromatic N) is 1. The highest BCUT2D eigenvalue weighted by atomic mass is 35.5. The highest BCUT2D eigenvalue weighted by Gasteiger charge is 2.08. The number of aliphatic hydroxyl groups is 1. The standard InChI is InChI=1S/C13H11Cl2NO2/c1-16-12(5-3-9(7-17)13(16)18)8-2-4-10(14)11(15)6-8/h2-6,17H,7H2,1H3. The molecule has 1 aromatic carbocycles. The van der Waals surface area contributed by atoms with Crippen molar-refractivity contribution in [3.05, 3.63) is 56.3 Å². The summed E-state index contributed by atoms with van der Waals surface area (Å²) in [6, 6.07) is 8.56. The quantitative estimate of drug-likeness (QED) is 0.921. The Morgan fingerprint density at radius 3 is 2.50 bits per heavy atom. The fraction of sp³-hybridized carbons (Fsp3) is 0.154. The summed E-state index contributed by atoms with van der Waals surface area (Å²) in [7, 11) is 1.65. The van der Waals surface area contributed by atoms with Crippen LogP contribution < -0.4 is 5.56 Å². The van der Waals surface area contributed by atoms with E-state index in [1.54, 1.807) is 37.4 Å². The predicted octanol–water partition coefficient (Wildman–Crippen LogP) is 2.85. The fourth-order valence-corrected chi connectivity index (χ4v) is 2.05. The van der Waals surface area contributed by atoms with Gasteiger partial charge in [0.25, 0.3) is 5.56 Å². The summed E-state index contributed by atoms with van der Waals surface area (Å²) in [5.74, 6) is 0. The van der Waals surface area contributed by atoms with Gasteiger partial charge in [-0.1, -0.05) is 29.3 Å². The minimum Gasteiger partial charge on any atom is -0.391 e. The smallest absolute Gasteiger partial charge is 0.256 e. The normalized spacial score (nSPS) is 10.7. The molecule has 0 amide bonds. The zero-order chi connectivity index (χ0) is 13.3. The van der Waals surface area contributed by atoms with E-state index in [0.29, 0.717) is 15.6 Å². The van der Waals surface area contributed by atoms with Gasteiger partial charge in [0.1, 0.15) is 0 Å². The maximum Gasteiger partial charge on any atom is 0.256 e. The third kappa shape index (κ3) is 2.29. The van der Waals surface area contributed by atoms with Crippen LogP contribution >= 0.6 is 23.2 Å². The number of aliphatic hydroxyl groups excluding tert-OH is 1. The number of hydrogen-bond donors (Lipinski definition) is 1. The molecule has 0 unspecified atom stereocenters. The highest BCUT2D eigenvalue weighted by Crippen LogP contribution is 2.27. The van der Waals surface area contributed by atoms with Crippen LogP contribution in [0, 0.1) is 0 Å². The summed E-state index contributed by atoms with van der Waals surface area (Å²) in [5.41, 5.74) is 1.66. The molecule has 2 aromatic rings. The van der Waals surface area contributed by atoms with E-state index in [9.17, 15) is 4.79 Å². The summed E-state index contributed by atoms with van der Waals surface area (Å²) >= 11 is 11.8. The first-order valence-corrected chi connectivity index (χ1v) is 6.05. The third-order valence-electron chi connectivity index (χ3n) is 2.77. The van der Waals surface area contributed by atoms with Crippen LogP contribution in [0.25, 0.3) is 11.3 Å². The topological polar surface area (TPSA) is 42.2 Å². The second-order valence-corrected chi connectivity index (χ2v) is 4.71. The lowest BCUT2D eigenvalue weighted by Gasteiger charge is -2.10. The van der Waals surface area contributed by atoms with Gasteiger partial charge >= 0.3 is 0 Å². The molecule has 0 aliphatic carbocycles. The van der Waals surface area contributed by atoms with E-state index >= 15 is 0 Å². The van der Waals surface area contributed by atoms with Gasteiger partial charge in [0.15, 0.2) is 0 Å². The number of hydrogen-bond acceptors (Lipinski definition) is 2. The zero-order valence-electron chi connectivity index (χ0n) is 9.65. The average molecular weight is 284 g/mol. The van der Waals surface area contributed by atoms with E-state index in [2.05, 4.69) is 0 Å². The molecule has 94 valence electrons. The Morgan fingerprint density at radius 2 is 1.89 bits per heavy atom. The van der Waals surface area contributed by atoms with Crippen molar-refractivity contribution in [1.29, 1.82) is 0 Å². The Bertz CT molecular complexity index is 650. The van der Waals surface area contributed by atoms with Crippen molar-refractivity contribution in [2.24, 2.45) is 7.05 Å². The van der Waals surface area contributed by atoms with Crippen molar-refractivity contribution >= 4 is 23.2 Å². The van der Waals surface area contributed by atoms with Crippen molar-refractivity contribution in [2.75, 3.05) is 0 Å². The maximum atomic E-state index is 11.9. The molecule has 1 N–H and O–H groups in total. The largest absolute Gasteiger partial charge is 0.391 e. The zero-order valence-corrected chi connectivity index (χ0v) is 11.2. The lowest BCUT2D eigenvalue weighted by atomic mass is 10.1. The van der Waals surface area contributed by atoms with Gasteiger partial charge in [-0.25, -0.2) is 0 Å². The first-order chi connectivity index (χ1) is 8.54. The van der Waals surface area contributed by atoms with Crippen LogP contribution in [0.2, 0.25) is 10.0 Å². The second-order valence-electron chi connectivity index (χ2n) is 3.89. The molecular formula is C13H11Cl2NO2. The van der Waals surface area contributed by atoms with E-state index in [4.69, 9.17) is 28.3 Å². The molecular weight excluding hydrogens is 273 g/mol. The Morgan fingerprint density at radius 1 is 1.17 bits per heavy atom. The maximum absolute atomic E-state index is 11.9. The molecule has 2 rings (SSSR count). The number of halogens is 2. The van der Waals surface area contributed by atoms with E-state index in [0.717, 1.165) is 11.3 Å². The van der Waals surface area contributed by atoms with Crippen LogP contribution in [0.1, 0.15) is 5.56 Å². The van der Waals surface area contributed by atoms with Gasteiger partial charge in [-0.05, 0) is 29.8 Å². The van der Waals surface area contributed by atoms with Gasteiger partial charge in [0, 0.05) is 12.6 Å². The van der Waals surface area contributed by atoms with E-state index in [1.165, 1.54) is 4.57 Å². The lowest BCUT2D eigenvalue weighted by molar-refractivity contribution is 0.279. The van der Waals surface area contributed by atoms with Crippen LogP contribution in [0.15, 0.2) is 35.1 Å². The molecule has 0 spiro atoms. The molecule has 1 aromatic heterocycles. The molecule has 18 heavy (non-hydrogen) atoms. The van der Waals surface area contributed by atoms with Gasteiger partial charge in [-0.15, -0.1) is 0 Å². The van der Waals surface area contributed by atoms with Crippen LogP contribution in [0.4, 0.5) is 0 Å². The monoisotopic (exact) mass is 283 g/mol. The van der Waals surface area contributed by atoms with Crippen molar-refractivity contribution in [2.45, 2.75) is 6.61 Å². The summed E-state index contributed by atoms with van der Waals surface area (Å²) in [5, 5.41) is 9.94. The first kappa shape index (κ1) is 13.1. The summed E-state index contributed by atoms with van der Waals surface area (Å²) in [6.45, 7) is -0.270. The van der Waals surface area contributed by atoms with Crippen LogP contribution in [0.3, 0.4) is 0 Å². The Kier molecular flexibility index (Phi) is 3.76. The lowest BCUT2D eigenvalue weighted by Crippen LogP contribution is -2.22. The van der Waals surface area contributed by atoms with E-state index in [1.807, 2.05) is 0 Å². The summed E-state index contributed by atoms with van der Waals surface area (Å²) in [4.78, 5) is 11.9. The van der Waals surface area contributed by atoms with Crippen molar-refractivity contribution < 1.29 is 5.11 Å². The van der Waals surface area contributed by atoms with Crippen LogP contribution in [0.5, 0.6) is 0 Å². The minimum atomic E-state index is -0.270. The fourth-order valence-electron chi connectivity index (χ4n) is 1.75. The molecule has 0 atom stereocenters. The molecule has 0 aliphatic heterocycles. The molecule has 3 nitrogen and oxygen atoms in total. The van der Waals surface area contributed by atoms with Gasteiger partial charge in [-0.2, -0.15) is 0 Å². The average Bonchev–Trinajstić information content (AvgIpc) is 2.36. The number of pyridine rings is 1. The van der Waals surface area contributed by atoms with Gasteiger partial charge < -0.3 is 9.67 Å². The number of rotatable bonds is 2. The van der Waals surface area contributed by atoms with Crippen LogP contribution in [-0.2, 0) is 13.7 Å². The molecule has 0 bridgehead atoms. The number of benzene rings is 1. The molecule has 0 aliphatic rings. The summed E-state index contributed by atoms with van der Waals surface area (Å²) < 4.78 is 1.48. The Hall–Kier alpha value is -1.29. The van der Waals surface area contributed by atoms with Crippen molar-refractivity contribution in [3.63, 3.8) is 0 Å². The van der Waals surface area contributed by atoms with Gasteiger partial charge in [0.2, 0.25) is 0 Å². The molecule has 1 heterocycles. The SMILES string of the molecule is Cn1c(-c2ccc(Cl)c(Cl)c2)ccc(CO)c1=O. The summed E-state index contributed by atoms with van der Waals surface area (Å²) in [6.07, 6.45) is 0. The minimum absolute atomic E-state index is 0.221. The second kappa shape index (κ2) is 5.14. The molecule has 0 saturated carbocycles. The Labute approximate surface area is 114 Å². The molecule has 0 radical (unpaired) electrons. The molecule has 0 fully saturated rings. The predicted molar refractivity (Wildman–Crippen MR) is 73.1 cm³/mol.